The molecule has 172 valence electrons. The van der Waals surface area contributed by atoms with Crippen LogP contribution in [0.2, 0.25) is 0 Å². The number of aromatic hydroxyl groups is 1. The van der Waals surface area contributed by atoms with Crippen LogP contribution < -0.4 is 18.9 Å². The molecule has 0 bridgehead atoms. The van der Waals surface area contributed by atoms with Gasteiger partial charge in [0.1, 0.15) is 5.75 Å². The van der Waals surface area contributed by atoms with Gasteiger partial charge in [-0.1, -0.05) is 6.07 Å². The third-order valence-corrected chi connectivity index (χ3v) is 5.24. The predicted octanol–water partition coefficient (Wildman–Crippen LogP) is 4.28. The van der Waals surface area contributed by atoms with Gasteiger partial charge in [0.05, 0.1) is 28.4 Å². The standard InChI is InChI=1S/C26H26O7/c1-30-21-9-7-16(13-23(21)32-3)5-6-17-11-19(14-20(27)12-17)26(29)25(28)18-8-10-22(31-2)24(15-18)33-4/h7-15,27H,5-6H2,1-4H3. The molecular weight excluding hydrogens is 424 g/mol. The highest BCUT2D eigenvalue weighted by molar-refractivity contribution is 6.49. The average Bonchev–Trinajstić information content (AvgIpc) is 2.85. The highest BCUT2D eigenvalue weighted by Gasteiger charge is 2.21. The van der Waals surface area contributed by atoms with Crippen molar-refractivity contribution < 1.29 is 33.6 Å². The Morgan fingerprint density at radius 1 is 0.606 bits per heavy atom. The van der Waals surface area contributed by atoms with E-state index in [0.29, 0.717) is 35.8 Å². The molecule has 0 radical (unpaired) electrons. The van der Waals surface area contributed by atoms with Crippen molar-refractivity contribution in [1.29, 1.82) is 0 Å². The van der Waals surface area contributed by atoms with Crippen molar-refractivity contribution in [2.45, 2.75) is 12.8 Å². The molecule has 3 aromatic rings. The van der Waals surface area contributed by atoms with Crippen LogP contribution in [-0.2, 0) is 12.8 Å². The van der Waals surface area contributed by atoms with Crippen LogP contribution in [0.5, 0.6) is 28.7 Å². The van der Waals surface area contributed by atoms with Crippen molar-refractivity contribution in [1.82, 2.24) is 0 Å². The number of carbonyl (C=O) groups excluding carboxylic acids is 2. The number of carbonyl (C=O) groups is 2. The van der Waals surface area contributed by atoms with Crippen molar-refractivity contribution in [3.8, 4) is 28.7 Å². The van der Waals surface area contributed by atoms with Gasteiger partial charge in [-0.2, -0.15) is 0 Å². The molecule has 33 heavy (non-hydrogen) atoms. The van der Waals surface area contributed by atoms with Crippen molar-refractivity contribution >= 4 is 11.6 Å². The fourth-order valence-electron chi connectivity index (χ4n) is 3.51. The van der Waals surface area contributed by atoms with Crippen LogP contribution in [0.3, 0.4) is 0 Å². The van der Waals surface area contributed by atoms with E-state index in [2.05, 4.69) is 0 Å². The maximum atomic E-state index is 12.9. The molecule has 0 aliphatic heterocycles. The fraction of sp³-hybridized carbons (Fsp3) is 0.231. The zero-order valence-electron chi connectivity index (χ0n) is 19.0. The minimum atomic E-state index is -0.717. The molecule has 0 aromatic heterocycles. The monoisotopic (exact) mass is 450 g/mol. The lowest BCUT2D eigenvalue weighted by Gasteiger charge is -2.11. The van der Waals surface area contributed by atoms with E-state index in [-0.39, 0.29) is 16.9 Å². The highest BCUT2D eigenvalue weighted by atomic mass is 16.5. The number of phenolic OH excluding ortho intramolecular Hbond substituents is 1. The van der Waals surface area contributed by atoms with E-state index in [1.807, 2.05) is 18.2 Å². The van der Waals surface area contributed by atoms with Crippen molar-refractivity contribution in [3.05, 3.63) is 76.9 Å². The van der Waals surface area contributed by atoms with Gasteiger partial charge in [0.25, 0.3) is 0 Å². The van der Waals surface area contributed by atoms with E-state index in [1.54, 1.807) is 32.4 Å². The Kier molecular flexibility index (Phi) is 7.56. The van der Waals surface area contributed by atoms with Gasteiger partial charge in [-0.25, -0.2) is 0 Å². The number of benzene rings is 3. The van der Waals surface area contributed by atoms with Gasteiger partial charge in [-0.05, 0) is 72.5 Å². The van der Waals surface area contributed by atoms with E-state index >= 15 is 0 Å². The average molecular weight is 450 g/mol. The number of hydrogen-bond acceptors (Lipinski definition) is 7. The third kappa shape index (κ3) is 5.44. The first kappa shape index (κ1) is 23.7. The molecule has 0 heterocycles. The summed E-state index contributed by atoms with van der Waals surface area (Å²) in [5.41, 5.74) is 2.03. The Balaban J connectivity index is 1.79. The van der Waals surface area contributed by atoms with Gasteiger partial charge in [0.15, 0.2) is 23.0 Å². The number of Topliss-reactive ketones (excluding diaryl/α,β-unsaturated/α-hetero) is 2. The second kappa shape index (κ2) is 10.5. The SMILES string of the molecule is COc1ccc(CCc2cc(O)cc(C(=O)C(=O)c3ccc(OC)c(OC)c3)c2)cc1OC. The van der Waals surface area contributed by atoms with Crippen molar-refractivity contribution in [2.24, 2.45) is 0 Å². The quantitative estimate of drug-likeness (QED) is 0.364. The van der Waals surface area contributed by atoms with E-state index in [0.717, 1.165) is 11.1 Å². The number of ether oxygens (including phenoxy) is 4. The lowest BCUT2D eigenvalue weighted by Crippen LogP contribution is -2.15. The Labute approximate surface area is 192 Å². The van der Waals surface area contributed by atoms with E-state index in [9.17, 15) is 14.7 Å². The van der Waals surface area contributed by atoms with Gasteiger partial charge >= 0.3 is 0 Å². The summed E-state index contributed by atoms with van der Waals surface area (Å²) in [5, 5.41) is 10.2. The zero-order valence-corrected chi connectivity index (χ0v) is 19.0. The molecule has 0 fully saturated rings. The minimum Gasteiger partial charge on any atom is -0.508 e. The summed E-state index contributed by atoms with van der Waals surface area (Å²) in [7, 11) is 6.09. The second-order valence-corrected chi connectivity index (χ2v) is 7.31. The number of phenols is 1. The first-order valence-electron chi connectivity index (χ1n) is 10.2. The summed E-state index contributed by atoms with van der Waals surface area (Å²) in [6.07, 6.45) is 1.19. The Morgan fingerprint density at radius 2 is 1.15 bits per heavy atom. The van der Waals surface area contributed by atoms with Crippen LogP contribution in [0.1, 0.15) is 31.8 Å². The lowest BCUT2D eigenvalue weighted by molar-refractivity contribution is 0.0816. The molecule has 0 aliphatic rings. The molecule has 0 spiro atoms. The normalized spacial score (nSPS) is 10.4. The molecule has 0 saturated heterocycles. The predicted molar refractivity (Wildman–Crippen MR) is 123 cm³/mol. The van der Waals surface area contributed by atoms with E-state index < -0.39 is 11.6 Å². The third-order valence-electron chi connectivity index (χ3n) is 5.24. The number of methoxy groups -OCH3 is 4. The second-order valence-electron chi connectivity index (χ2n) is 7.31. The lowest BCUT2D eigenvalue weighted by atomic mass is 9.97. The van der Waals surface area contributed by atoms with Crippen LogP contribution in [0.15, 0.2) is 54.6 Å². The molecule has 0 aliphatic carbocycles. The van der Waals surface area contributed by atoms with Crippen LogP contribution in [0, 0.1) is 0 Å². The molecule has 0 unspecified atom stereocenters. The number of hydrogen-bond donors (Lipinski definition) is 1. The molecule has 3 rings (SSSR count). The van der Waals surface area contributed by atoms with Gasteiger partial charge in [0.2, 0.25) is 11.6 Å². The molecule has 0 atom stereocenters. The highest BCUT2D eigenvalue weighted by Crippen LogP contribution is 2.30. The van der Waals surface area contributed by atoms with Crippen molar-refractivity contribution in [3.63, 3.8) is 0 Å². The van der Waals surface area contributed by atoms with E-state index in [4.69, 9.17) is 18.9 Å². The Morgan fingerprint density at radius 3 is 1.79 bits per heavy atom. The van der Waals surface area contributed by atoms with Gasteiger partial charge in [0, 0.05) is 11.1 Å². The zero-order chi connectivity index (χ0) is 24.0. The number of aryl methyl sites for hydroxylation is 2. The van der Waals surface area contributed by atoms with Crippen LogP contribution in [-0.4, -0.2) is 45.1 Å². The molecule has 7 heteroatoms. The number of ketones is 2. The Hall–Kier alpha value is -4.00. The first-order valence-corrected chi connectivity index (χ1v) is 10.2. The van der Waals surface area contributed by atoms with Gasteiger partial charge in [-0.3, -0.25) is 9.59 Å². The fourth-order valence-corrected chi connectivity index (χ4v) is 3.51. The first-order chi connectivity index (χ1) is 15.9. The number of rotatable bonds is 10. The topological polar surface area (TPSA) is 91.3 Å². The largest absolute Gasteiger partial charge is 0.508 e. The molecule has 3 aromatic carbocycles. The van der Waals surface area contributed by atoms with Crippen LogP contribution in [0.4, 0.5) is 0 Å². The van der Waals surface area contributed by atoms with Crippen LogP contribution >= 0.6 is 0 Å². The molecular formula is C26H26O7. The van der Waals surface area contributed by atoms with Crippen LogP contribution in [0.25, 0.3) is 0 Å². The summed E-state index contributed by atoms with van der Waals surface area (Å²) in [4.78, 5) is 25.7. The Bertz CT molecular complexity index is 1170. The van der Waals surface area contributed by atoms with Gasteiger partial charge in [-0.15, -0.1) is 0 Å². The van der Waals surface area contributed by atoms with E-state index in [1.165, 1.54) is 32.4 Å². The maximum Gasteiger partial charge on any atom is 0.233 e. The van der Waals surface area contributed by atoms with Gasteiger partial charge < -0.3 is 24.1 Å². The van der Waals surface area contributed by atoms with Crippen molar-refractivity contribution in [2.75, 3.05) is 28.4 Å². The maximum absolute atomic E-state index is 12.9. The molecule has 1 N–H and O–H groups in total. The summed E-state index contributed by atoms with van der Waals surface area (Å²) in [5.74, 6) is 0.572. The minimum absolute atomic E-state index is 0.0803. The summed E-state index contributed by atoms with van der Waals surface area (Å²) in [6, 6.07) is 14.7. The molecule has 0 saturated carbocycles. The summed E-state index contributed by atoms with van der Waals surface area (Å²) >= 11 is 0. The smallest absolute Gasteiger partial charge is 0.233 e. The molecule has 7 nitrogen and oxygen atoms in total. The summed E-state index contributed by atoms with van der Waals surface area (Å²) < 4.78 is 21.0. The summed E-state index contributed by atoms with van der Waals surface area (Å²) in [6.45, 7) is 0. The molecule has 0 amide bonds.